The van der Waals surface area contributed by atoms with Crippen LogP contribution in [0.5, 0.6) is 0 Å². The number of unbranched alkanes of at least 4 members (excludes halogenated alkanes) is 17. The minimum atomic E-state index is -0.724. The highest BCUT2D eigenvalue weighted by atomic mass is 16.3. The molecule has 3 nitrogen and oxygen atoms in total. The lowest BCUT2D eigenvalue weighted by molar-refractivity contribution is 0.217. The van der Waals surface area contributed by atoms with E-state index in [-0.39, 0.29) is 6.61 Å². The van der Waals surface area contributed by atoms with Gasteiger partial charge in [-0.2, -0.15) is 0 Å². The molecule has 0 aliphatic heterocycles. The van der Waals surface area contributed by atoms with Gasteiger partial charge in [-0.3, -0.25) is 0 Å². The first-order valence-corrected chi connectivity index (χ1v) is 14.4. The average molecular weight is 497 g/mol. The Morgan fingerprint density at radius 2 is 1.03 bits per heavy atom. The van der Waals surface area contributed by atoms with Crippen molar-refractivity contribution < 1.29 is 15.3 Å². The van der Waals surface area contributed by atoms with E-state index in [1.54, 1.807) is 6.08 Å². The molecule has 3 heteroatoms. The van der Waals surface area contributed by atoms with Gasteiger partial charge in [-0.1, -0.05) is 113 Å². The molecule has 0 aromatic heterocycles. The summed E-state index contributed by atoms with van der Waals surface area (Å²) in [6.45, 7) is -0.188. The number of aliphatic hydroxyl groups excluding tert-OH is 3. The van der Waals surface area contributed by atoms with E-state index in [1.807, 2.05) is 6.08 Å². The summed E-state index contributed by atoms with van der Waals surface area (Å²) in [6, 6.07) is 0. The zero-order valence-electron chi connectivity index (χ0n) is 22.7. The van der Waals surface area contributed by atoms with Crippen molar-refractivity contribution in [3.05, 3.63) is 24.3 Å². The molecule has 36 heavy (non-hydrogen) atoms. The SMILES string of the molecule is C#C[C@@H](O)/C=C/CCCCCCCCCC/C=C\CCCCCCCCCC[C@H](O)C#CC#CCO. The fraction of sp³-hybridized carbons (Fsp3) is 0.697. The second-order valence-electron chi connectivity index (χ2n) is 9.57. The van der Waals surface area contributed by atoms with E-state index in [0.717, 1.165) is 19.3 Å². The van der Waals surface area contributed by atoms with E-state index < -0.39 is 12.2 Å². The highest BCUT2D eigenvalue weighted by molar-refractivity contribution is 5.27. The number of allylic oxidation sites excluding steroid dienone is 3. The normalized spacial score (nSPS) is 12.6. The first kappa shape index (κ1) is 34.0. The fourth-order valence-corrected chi connectivity index (χ4v) is 4.04. The van der Waals surface area contributed by atoms with Crippen molar-refractivity contribution in [3.63, 3.8) is 0 Å². The van der Waals surface area contributed by atoms with Gasteiger partial charge >= 0.3 is 0 Å². The standard InChI is InChI=1S/C33H52O3/c1-2-32(35)28-24-21-19-17-15-13-11-9-7-5-3-4-6-8-10-12-14-16-18-20-22-25-29-33(36)30-26-23-27-31-34/h1,4,6,24,28,32-36H,3,5,7-22,25,29,31H2/b6-4-,28-24+/t32-,33+/m1/s1. The summed E-state index contributed by atoms with van der Waals surface area (Å²) in [4.78, 5) is 0. The Morgan fingerprint density at radius 1 is 0.583 bits per heavy atom. The molecule has 0 saturated heterocycles. The molecule has 0 unspecified atom stereocenters. The summed E-state index contributed by atoms with van der Waals surface area (Å²) >= 11 is 0. The number of hydrogen-bond donors (Lipinski definition) is 3. The predicted molar refractivity (Wildman–Crippen MR) is 154 cm³/mol. The molecular weight excluding hydrogens is 444 g/mol. The van der Waals surface area contributed by atoms with Gasteiger partial charge in [-0.25, -0.2) is 0 Å². The van der Waals surface area contributed by atoms with Crippen LogP contribution in [-0.2, 0) is 0 Å². The molecule has 0 rings (SSSR count). The maximum atomic E-state index is 9.72. The van der Waals surface area contributed by atoms with E-state index >= 15 is 0 Å². The third-order valence-electron chi connectivity index (χ3n) is 6.21. The number of terminal acetylenes is 1. The monoisotopic (exact) mass is 496 g/mol. The van der Waals surface area contributed by atoms with Gasteiger partial charge in [0.05, 0.1) is 0 Å². The van der Waals surface area contributed by atoms with Crippen molar-refractivity contribution in [2.75, 3.05) is 6.61 Å². The predicted octanol–water partition coefficient (Wildman–Crippen LogP) is 7.25. The second-order valence-corrected chi connectivity index (χ2v) is 9.57. The Kier molecular flexibility index (Phi) is 27.7. The molecule has 0 saturated carbocycles. The Morgan fingerprint density at radius 3 is 1.50 bits per heavy atom. The second kappa shape index (κ2) is 29.3. The molecule has 0 spiro atoms. The Balaban J connectivity index is 3.26. The molecule has 202 valence electrons. The molecule has 2 atom stereocenters. The largest absolute Gasteiger partial charge is 0.384 e. The van der Waals surface area contributed by atoms with Crippen molar-refractivity contribution in [2.45, 2.75) is 141 Å². The molecule has 3 N–H and O–H groups in total. The Bertz CT molecular complexity index is 692. The Hall–Kier alpha value is -1.96. The van der Waals surface area contributed by atoms with Gasteiger partial charge in [0.1, 0.15) is 18.8 Å². The summed E-state index contributed by atoms with van der Waals surface area (Å²) in [6.07, 6.45) is 36.9. The van der Waals surface area contributed by atoms with Crippen molar-refractivity contribution in [1.82, 2.24) is 0 Å². The van der Waals surface area contributed by atoms with Crippen LogP contribution in [-0.4, -0.2) is 34.1 Å². The molecular formula is C33H52O3. The van der Waals surface area contributed by atoms with E-state index in [1.165, 1.54) is 103 Å². The van der Waals surface area contributed by atoms with E-state index in [9.17, 15) is 10.2 Å². The van der Waals surface area contributed by atoms with Gasteiger partial charge in [0.15, 0.2) is 0 Å². The van der Waals surface area contributed by atoms with E-state index in [4.69, 9.17) is 11.5 Å². The van der Waals surface area contributed by atoms with Crippen molar-refractivity contribution in [3.8, 4) is 36.0 Å². The number of rotatable bonds is 23. The lowest BCUT2D eigenvalue weighted by Gasteiger charge is -2.03. The summed E-state index contributed by atoms with van der Waals surface area (Å²) in [7, 11) is 0. The van der Waals surface area contributed by atoms with Crippen molar-refractivity contribution in [2.24, 2.45) is 0 Å². The summed E-state index contributed by atoms with van der Waals surface area (Å²) in [5.41, 5.74) is 0. The third kappa shape index (κ3) is 28.3. The first-order valence-electron chi connectivity index (χ1n) is 14.4. The molecule has 0 heterocycles. The van der Waals surface area contributed by atoms with Gasteiger partial charge < -0.3 is 15.3 Å². The van der Waals surface area contributed by atoms with Crippen LogP contribution in [0.15, 0.2) is 24.3 Å². The van der Waals surface area contributed by atoms with Gasteiger partial charge in [0.2, 0.25) is 0 Å². The van der Waals surface area contributed by atoms with E-state index in [2.05, 4.69) is 41.8 Å². The van der Waals surface area contributed by atoms with E-state index in [0.29, 0.717) is 6.42 Å². The van der Waals surface area contributed by atoms with Crippen LogP contribution in [0, 0.1) is 36.0 Å². The quantitative estimate of drug-likeness (QED) is 0.0793. The highest BCUT2D eigenvalue weighted by Crippen LogP contribution is 2.13. The van der Waals surface area contributed by atoms with Crippen molar-refractivity contribution >= 4 is 0 Å². The van der Waals surface area contributed by atoms with Crippen LogP contribution in [0.25, 0.3) is 0 Å². The topological polar surface area (TPSA) is 60.7 Å². The maximum absolute atomic E-state index is 9.72. The molecule has 0 fully saturated rings. The maximum Gasteiger partial charge on any atom is 0.133 e. The zero-order valence-corrected chi connectivity index (χ0v) is 22.7. The average Bonchev–Trinajstić information content (AvgIpc) is 2.88. The lowest BCUT2D eigenvalue weighted by Crippen LogP contribution is -2.01. The molecule has 0 bridgehead atoms. The molecule has 0 amide bonds. The molecule has 0 radical (unpaired) electrons. The number of hydrogen-bond acceptors (Lipinski definition) is 3. The molecule has 0 aromatic rings. The van der Waals surface area contributed by atoms with Crippen LogP contribution < -0.4 is 0 Å². The van der Waals surface area contributed by atoms with Crippen LogP contribution in [0.1, 0.15) is 128 Å². The van der Waals surface area contributed by atoms with Crippen LogP contribution >= 0.6 is 0 Å². The smallest absolute Gasteiger partial charge is 0.133 e. The van der Waals surface area contributed by atoms with Gasteiger partial charge in [-0.05, 0) is 69.3 Å². The van der Waals surface area contributed by atoms with Crippen LogP contribution in [0.2, 0.25) is 0 Å². The zero-order chi connectivity index (χ0) is 26.4. The molecule has 0 aromatic carbocycles. The lowest BCUT2D eigenvalue weighted by atomic mass is 10.0. The fourth-order valence-electron chi connectivity index (χ4n) is 4.04. The van der Waals surface area contributed by atoms with Gasteiger partial charge in [0, 0.05) is 0 Å². The Labute approximate surface area is 222 Å². The molecule has 0 aliphatic rings. The van der Waals surface area contributed by atoms with Gasteiger partial charge in [0.25, 0.3) is 0 Å². The summed E-state index contributed by atoms with van der Waals surface area (Å²) in [5, 5.41) is 27.5. The van der Waals surface area contributed by atoms with Crippen molar-refractivity contribution in [1.29, 1.82) is 0 Å². The number of aliphatic hydroxyl groups is 3. The summed E-state index contributed by atoms with van der Waals surface area (Å²) in [5.74, 6) is 12.5. The summed E-state index contributed by atoms with van der Waals surface area (Å²) < 4.78 is 0. The van der Waals surface area contributed by atoms with Crippen LogP contribution in [0.3, 0.4) is 0 Å². The third-order valence-corrected chi connectivity index (χ3v) is 6.21. The van der Waals surface area contributed by atoms with Crippen LogP contribution in [0.4, 0.5) is 0 Å². The minimum absolute atomic E-state index is 0.188. The first-order chi connectivity index (χ1) is 17.7. The minimum Gasteiger partial charge on any atom is -0.384 e. The highest BCUT2D eigenvalue weighted by Gasteiger charge is 1.99. The molecule has 0 aliphatic carbocycles. The van der Waals surface area contributed by atoms with Gasteiger partial charge in [-0.15, -0.1) is 6.42 Å².